The van der Waals surface area contributed by atoms with Gasteiger partial charge in [0.1, 0.15) is 0 Å². The summed E-state index contributed by atoms with van der Waals surface area (Å²) in [5, 5.41) is 0.585. The van der Waals surface area contributed by atoms with Gasteiger partial charge in [-0.05, 0) is 37.6 Å². The maximum Gasteiger partial charge on any atom is 0.227 e. The molecule has 0 saturated carbocycles. The van der Waals surface area contributed by atoms with Crippen molar-refractivity contribution in [3.63, 3.8) is 0 Å². The molecule has 2 saturated heterocycles. The second-order valence-electron chi connectivity index (χ2n) is 7.21. The molecular weight excluding hydrogens is 374 g/mol. The lowest BCUT2D eigenvalue weighted by Gasteiger charge is -2.37. The van der Waals surface area contributed by atoms with Crippen LogP contribution in [0.2, 0.25) is 5.02 Å². The summed E-state index contributed by atoms with van der Waals surface area (Å²) in [6.07, 6.45) is 1.49. The van der Waals surface area contributed by atoms with Crippen molar-refractivity contribution in [1.82, 2.24) is 14.1 Å². The zero-order valence-electron chi connectivity index (χ0n) is 15.1. The summed E-state index contributed by atoms with van der Waals surface area (Å²) in [5.74, 6) is -0.184. The molecule has 1 aromatic carbocycles. The monoisotopic (exact) mass is 399 g/mol. The maximum absolute atomic E-state index is 12.8. The predicted octanol–water partition coefficient (Wildman–Crippen LogP) is 1.66. The largest absolute Gasteiger partial charge is 0.340 e. The van der Waals surface area contributed by atoms with Crippen LogP contribution in [-0.4, -0.2) is 74.7 Å². The summed E-state index contributed by atoms with van der Waals surface area (Å²) in [5.41, 5.74) is 0.710. The Kier molecular flexibility index (Phi) is 6.22. The summed E-state index contributed by atoms with van der Waals surface area (Å²) in [7, 11) is -1.39. The molecule has 144 valence electrons. The molecule has 6 nitrogen and oxygen atoms in total. The van der Waals surface area contributed by atoms with E-state index in [9.17, 15) is 13.2 Å². The molecule has 26 heavy (non-hydrogen) atoms. The molecule has 1 aromatic rings. The van der Waals surface area contributed by atoms with E-state index in [4.69, 9.17) is 11.6 Å². The van der Waals surface area contributed by atoms with Crippen LogP contribution in [0.25, 0.3) is 0 Å². The summed E-state index contributed by atoms with van der Waals surface area (Å²) < 4.78 is 27.1. The van der Waals surface area contributed by atoms with Crippen molar-refractivity contribution in [2.75, 3.05) is 46.3 Å². The molecule has 0 aliphatic carbocycles. The van der Waals surface area contributed by atoms with Crippen LogP contribution in [0.3, 0.4) is 0 Å². The van der Waals surface area contributed by atoms with Gasteiger partial charge in [-0.2, -0.15) is 0 Å². The van der Waals surface area contributed by atoms with E-state index in [-0.39, 0.29) is 17.6 Å². The number of amides is 1. The van der Waals surface area contributed by atoms with Crippen LogP contribution < -0.4 is 0 Å². The first-order valence-electron chi connectivity index (χ1n) is 9.05. The molecule has 3 rings (SSSR count). The van der Waals surface area contributed by atoms with Crippen molar-refractivity contribution in [2.45, 2.75) is 18.6 Å². The van der Waals surface area contributed by atoms with Crippen LogP contribution in [0.5, 0.6) is 0 Å². The van der Waals surface area contributed by atoms with Crippen LogP contribution in [-0.2, 0) is 20.6 Å². The number of nitrogens with zero attached hydrogens (tertiary/aromatic N) is 3. The Morgan fingerprint density at radius 3 is 2.42 bits per heavy atom. The minimum Gasteiger partial charge on any atom is -0.340 e. The average molecular weight is 400 g/mol. The summed E-state index contributed by atoms with van der Waals surface area (Å²) in [4.78, 5) is 16.9. The number of likely N-dealkylation sites (N-methyl/N-ethyl adjacent to an activating group) is 1. The van der Waals surface area contributed by atoms with Crippen molar-refractivity contribution in [1.29, 1.82) is 0 Å². The van der Waals surface area contributed by atoms with Crippen LogP contribution >= 0.6 is 11.6 Å². The highest BCUT2D eigenvalue weighted by molar-refractivity contribution is 7.88. The summed E-state index contributed by atoms with van der Waals surface area (Å²) in [6, 6.07) is 6.86. The molecule has 0 radical (unpaired) electrons. The van der Waals surface area contributed by atoms with Crippen molar-refractivity contribution < 1.29 is 13.2 Å². The Labute approximate surface area is 160 Å². The van der Waals surface area contributed by atoms with E-state index < -0.39 is 10.0 Å². The molecule has 1 atom stereocenters. The van der Waals surface area contributed by atoms with Gasteiger partial charge in [-0.3, -0.25) is 4.79 Å². The number of carbonyl (C=O) groups excluding carboxylic acids is 1. The van der Waals surface area contributed by atoms with E-state index in [1.807, 2.05) is 11.9 Å². The molecular formula is C18H26ClN3O3S. The molecule has 8 heteroatoms. The van der Waals surface area contributed by atoms with Gasteiger partial charge >= 0.3 is 0 Å². The van der Waals surface area contributed by atoms with Gasteiger partial charge in [-0.25, -0.2) is 12.7 Å². The lowest BCUT2D eigenvalue weighted by Crippen LogP contribution is -2.52. The van der Waals surface area contributed by atoms with Crippen LogP contribution in [0.1, 0.15) is 18.4 Å². The number of benzene rings is 1. The van der Waals surface area contributed by atoms with Gasteiger partial charge in [0.2, 0.25) is 15.9 Å². The smallest absolute Gasteiger partial charge is 0.227 e. The van der Waals surface area contributed by atoms with E-state index >= 15 is 0 Å². The fourth-order valence-electron chi connectivity index (χ4n) is 3.56. The van der Waals surface area contributed by atoms with Crippen LogP contribution in [0.15, 0.2) is 24.3 Å². The van der Waals surface area contributed by atoms with Crippen molar-refractivity contribution in [3.8, 4) is 0 Å². The number of rotatable bonds is 4. The van der Waals surface area contributed by atoms with Crippen molar-refractivity contribution in [3.05, 3.63) is 34.9 Å². The van der Waals surface area contributed by atoms with Gasteiger partial charge in [0.25, 0.3) is 0 Å². The molecule has 1 amide bonds. The molecule has 2 aliphatic heterocycles. The van der Waals surface area contributed by atoms with Gasteiger partial charge in [-0.1, -0.05) is 23.7 Å². The average Bonchev–Trinajstić information content (AvgIpc) is 2.64. The Balaban J connectivity index is 1.63. The van der Waals surface area contributed by atoms with Gasteiger partial charge in [0, 0.05) is 44.3 Å². The molecule has 0 N–H and O–H groups in total. The zero-order chi connectivity index (χ0) is 18.7. The number of carbonyl (C=O) groups is 1. The highest BCUT2D eigenvalue weighted by Gasteiger charge is 2.34. The first-order valence-corrected chi connectivity index (χ1v) is 11.0. The predicted molar refractivity (Wildman–Crippen MR) is 102 cm³/mol. The lowest BCUT2D eigenvalue weighted by atomic mass is 9.98. The van der Waals surface area contributed by atoms with Crippen molar-refractivity contribution in [2.24, 2.45) is 5.92 Å². The Morgan fingerprint density at radius 1 is 1.12 bits per heavy atom. The van der Waals surface area contributed by atoms with E-state index in [2.05, 4.69) is 4.90 Å². The third kappa shape index (κ3) is 4.76. The number of piperidine rings is 1. The highest BCUT2D eigenvalue weighted by Crippen LogP contribution is 2.24. The zero-order valence-corrected chi connectivity index (χ0v) is 16.7. The van der Waals surface area contributed by atoms with Gasteiger partial charge in [0.05, 0.1) is 11.7 Å². The minimum absolute atomic E-state index is 0.0560. The number of hydrogen-bond acceptors (Lipinski definition) is 4. The first-order chi connectivity index (χ1) is 12.3. The third-order valence-electron chi connectivity index (χ3n) is 5.20. The number of sulfonamides is 1. The van der Waals surface area contributed by atoms with Crippen LogP contribution in [0.4, 0.5) is 0 Å². The Bertz CT molecular complexity index is 731. The molecule has 0 bridgehead atoms. The maximum atomic E-state index is 12.8. The molecule has 2 heterocycles. The van der Waals surface area contributed by atoms with Gasteiger partial charge in [-0.15, -0.1) is 0 Å². The molecule has 0 spiro atoms. The quantitative estimate of drug-likeness (QED) is 0.772. The Hall–Kier alpha value is -1.15. The van der Waals surface area contributed by atoms with E-state index in [0.717, 1.165) is 39.0 Å². The molecule has 0 aromatic heterocycles. The fourth-order valence-corrected chi connectivity index (χ4v) is 5.30. The number of halogens is 1. The lowest BCUT2D eigenvalue weighted by molar-refractivity contribution is -0.138. The summed E-state index contributed by atoms with van der Waals surface area (Å²) in [6.45, 7) is 3.98. The molecule has 2 fully saturated rings. The number of hydrogen-bond donors (Lipinski definition) is 0. The van der Waals surface area contributed by atoms with Gasteiger partial charge in [0.15, 0.2) is 0 Å². The molecule has 0 unspecified atom stereocenters. The second-order valence-corrected chi connectivity index (χ2v) is 9.61. The van der Waals surface area contributed by atoms with E-state index in [1.165, 1.54) is 4.31 Å². The van der Waals surface area contributed by atoms with E-state index in [1.54, 1.807) is 24.3 Å². The normalized spacial score (nSPS) is 23.2. The summed E-state index contributed by atoms with van der Waals surface area (Å²) >= 11 is 5.86. The van der Waals surface area contributed by atoms with E-state index in [0.29, 0.717) is 23.7 Å². The van der Waals surface area contributed by atoms with Crippen LogP contribution in [0, 0.1) is 5.92 Å². The second kappa shape index (κ2) is 8.25. The van der Waals surface area contributed by atoms with Crippen molar-refractivity contribution >= 4 is 27.5 Å². The number of piperazine rings is 1. The SMILES string of the molecule is CN1CCN(C(=O)[C@H]2CCCN(S(=O)(=O)Cc3ccc(Cl)cc3)C2)CC1. The van der Waals surface area contributed by atoms with Gasteiger partial charge < -0.3 is 9.80 Å². The topological polar surface area (TPSA) is 60.9 Å². The Morgan fingerprint density at radius 2 is 1.77 bits per heavy atom. The third-order valence-corrected chi connectivity index (χ3v) is 7.27. The standard InChI is InChI=1S/C18H26ClN3O3S/c1-20-9-11-21(12-10-20)18(23)16-3-2-8-22(13-16)26(24,25)14-15-4-6-17(19)7-5-15/h4-7,16H,2-3,8-14H2,1H3/t16-/m0/s1. The highest BCUT2D eigenvalue weighted by atomic mass is 35.5. The minimum atomic E-state index is -3.44. The molecule has 2 aliphatic rings. The fraction of sp³-hybridized carbons (Fsp3) is 0.611. The first kappa shape index (κ1) is 19.6.